The molecule has 0 atom stereocenters. The largest absolute Gasteiger partial charge is 0.435 e. The fraction of sp³-hybridized carbons (Fsp3) is 0.500. The Kier molecular flexibility index (Phi) is 3.25. The second-order valence-electron chi connectivity index (χ2n) is 2.89. The number of hydrogen-bond donors (Lipinski definition) is 0. The molecule has 0 saturated heterocycles. The molecule has 0 N–H and O–H groups in total. The summed E-state index contributed by atoms with van der Waals surface area (Å²) in [4.78, 5) is 0. The van der Waals surface area contributed by atoms with Gasteiger partial charge < -0.3 is 0 Å². The first-order valence-corrected chi connectivity index (χ1v) is 4.42. The average molecular weight is 238 g/mol. The van der Waals surface area contributed by atoms with Crippen LogP contribution in [0.5, 0.6) is 0 Å². The van der Waals surface area contributed by atoms with E-state index in [9.17, 15) is 13.2 Å². The van der Waals surface area contributed by atoms with E-state index in [2.05, 4.69) is 5.10 Å². The topological polar surface area (TPSA) is 41.6 Å². The van der Waals surface area contributed by atoms with Crippen LogP contribution in [0.2, 0.25) is 5.15 Å². The van der Waals surface area contributed by atoms with Gasteiger partial charge in [-0.05, 0) is 6.92 Å². The summed E-state index contributed by atoms with van der Waals surface area (Å²) in [6.07, 6.45) is -4.44. The third-order valence-electron chi connectivity index (χ3n) is 1.82. The van der Waals surface area contributed by atoms with Crippen molar-refractivity contribution >= 4 is 11.6 Å². The summed E-state index contributed by atoms with van der Waals surface area (Å²) < 4.78 is 38.1. The lowest BCUT2D eigenvalue weighted by Gasteiger charge is -2.01. The summed E-state index contributed by atoms with van der Waals surface area (Å²) in [5.41, 5.74) is -1.10. The number of nitrogens with zero attached hydrogens (tertiary/aromatic N) is 3. The Morgan fingerprint density at radius 3 is 2.53 bits per heavy atom. The molecule has 3 nitrogen and oxygen atoms in total. The van der Waals surface area contributed by atoms with Crippen LogP contribution in [0.3, 0.4) is 0 Å². The van der Waals surface area contributed by atoms with Gasteiger partial charge in [-0.1, -0.05) is 11.6 Å². The first-order chi connectivity index (χ1) is 6.88. The molecule has 0 aliphatic carbocycles. The van der Waals surface area contributed by atoms with Crippen molar-refractivity contribution < 1.29 is 13.2 Å². The lowest BCUT2D eigenvalue weighted by atomic mass is 10.3. The zero-order valence-corrected chi connectivity index (χ0v) is 8.52. The number of aryl methyl sites for hydroxylation is 1. The molecule has 0 unspecified atom stereocenters. The highest BCUT2D eigenvalue weighted by Crippen LogP contribution is 2.33. The molecule has 0 fully saturated rings. The molecule has 0 saturated carbocycles. The Bertz CT molecular complexity index is 402. The van der Waals surface area contributed by atoms with E-state index >= 15 is 0 Å². The van der Waals surface area contributed by atoms with Gasteiger partial charge in [0.25, 0.3) is 0 Å². The van der Waals surface area contributed by atoms with E-state index in [1.165, 1.54) is 6.92 Å². The standard InChI is InChI=1S/C8H7ClF3N3/c1-5-6(8(10,11)12)14-15(7(5)9)4-2-3-13/h2,4H2,1H3. The lowest BCUT2D eigenvalue weighted by Crippen LogP contribution is -2.09. The van der Waals surface area contributed by atoms with Crippen molar-refractivity contribution in [2.24, 2.45) is 0 Å². The first-order valence-electron chi connectivity index (χ1n) is 4.05. The van der Waals surface area contributed by atoms with Crippen molar-refractivity contribution in [3.05, 3.63) is 16.4 Å². The first kappa shape index (κ1) is 11.9. The van der Waals surface area contributed by atoms with Gasteiger partial charge in [-0.25, -0.2) is 0 Å². The summed E-state index contributed by atoms with van der Waals surface area (Å²) in [5.74, 6) is 0. The maximum Gasteiger partial charge on any atom is 0.435 e. The second kappa shape index (κ2) is 4.11. The summed E-state index contributed by atoms with van der Waals surface area (Å²) in [6, 6.07) is 1.81. The molecule has 15 heavy (non-hydrogen) atoms. The van der Waals surface area contributed by atoms with Gasteiger partial charge in [0.05, 0.1) is 19.0 Å². The van der Waals surface area contributed by atoms with Crippen molar-refractivity contribution in [2.45, 2.75) is 26.1 Å². The van der Waals surface area contributed by atoms with Gasteiger partial charge in [0, 0.05) is 5.56 Å². The van der Waals surface area contributed by atoms with Gasteiger partial charge in [0.1, 0.15) is 5.15 Å². The summed E-state index contributed by atoms with van der Waals surface area (Å²) in [5, 5.41) is 11.6. The van der Waals surface area contributed by atoms with Crippen molar-refractivity contribution in [3.8, 4) is 6.07 Å². The molecule has 0 aromatic carbocycles. The number of aromatic nitrogens is 2. The zero-order valence-electron chi connectivity index (χ0n) is 7.77. The van der Waals surface area contributed by atoms with Crippen LogP contribution in [-0.4, -0.2) is 9.78 Å². The maximum atomic E-state index is 12.4. The van der Waals surface area contributed by atoms with Gasteiger partial charge in [0.2, 0.25) is 0 Å². The minimum absolute atomic E-state index is 0.0618. The van der Waals surface area contributed by atoms with Crippen molar-refractivity contribution in [1.82, 2.24) is 9.78 Å². The molecule has 1 aromatic heterocycles. The van der Waals surface area contributed by atoms with Crippen LogP contribution in [-0.2, 0) is 12.7 Å². The van der Waals surface area contributed by atoms with Gasteiger partial charge in [-0.15, -0.1) is 0 Å². The highest BCUT2D eigenvalue weighted by Gasteiger charge is 2.37. The monoisotopic (exact) mass is 237 g/mol. The Hall–Kier alpha value is -1.22. The summed E-state index contributed by atoms with van der Waals surface area (Å²) in [7, 11) is 0. The van der Waals surface area contributed by atoms with E-state index < -0.39 is 11.9 Å². The van der Waals surface area contributed by atoms with E-state index in [1.807, 2.05) is 6.07 Å². The van der Waals surface area contributed by atoms with E-state index in [0.717, 1.165) is 4.68 Å². The van der Waals surface area contributed by atoms with Crippen LogP contribution >= 0.6 is 11.6 Å². The van der Waals surface area contributed by atoms with Crippen molar-refractivity contribution in [1.29, 1.82) is 5.26 Å². The van der Waals surface area contributed by atoms with Crippen LogP contribution in [0, 0.1) is 18.3 Å². The van der Waals surface area contributed by atoms with Crippen molar-refractivity contribution in [2.75, 3.05) is 0 Å². The van der Waals surface area contributed by atoms with E-state index in [-0.39, 0.29) is 23.7 Å². The predicted molar refractivity (Wildman–Crippen MR) is 47.2 cm³/mol. The number of hydrogen-bond acceptors (Lipinski definition) is 2. The Labute approximate surface area is 89.1 Å². The van der Waals surface area contributed by atoms with E-state index in [4.69, 9.17) is 16.9 Å². The smallest absolute Gasteiger partial charge is 0.252 e. The van der Waals surface area contributed by atoms with Crippen LogP contribution in [0.25, 0.3) is 0 Å². The molecule has 82 valence electrons. The number of halogens is 4. The minimum atomic E-state index is -4.51. The number of nitriles is 1. The fourth-order valence-corrected chi connectivity index (χ4v) is 1.32. The molecular formula is C8H7ClF3N3. The number of alkyl halides is 3. The van der Waals surface area contributed by atoms with Crippen molar-refractivity contribution in [3.63, 3.8) is 0 Å². The Balaban J connectivity index is 3.08. The average Bonchev–Trinajstić information content (AvgIpc) is 2.41. The quantitative estimate of drug-likeness (QED) is 0.794. The zero-order chi connectivity index (χ0) is 11.6. The summed E-state index contributed by atoms with van der Waals surface area (Å²) >= 11 is 5.65. The molecule has 1 rings (SSSR count). The van der Waals surface area contributed by atoms with Gasteiger partial charge in [0.15, 0.2) is 5.69 Å². The predicted octanol–water partition coefficient (Wildman–Crippen LogP) is 2.78. The molecule has 1 heterocycles. The fourth-order valence-electron chi connectivity index (χ4n) is 1.10. The summed E-state index contributed by atoms with van der Waals surface area (Å²) in [6.45, 7) is 1.31. The molecule has 0 spiro atoms. The molecule has 0 amide bonds. The van der Waals surface area contributed by atoms with Gasteiger partial charge in [-0.2, -0.15) is 23.5 Å². The van der Waals surface area contributed by atoms with Gasteiger partial charge in [-0.3, -0.25) is 4.68 Å². The third kappa shape index (κ3) is 2.42. The molecule has 7 heteroatoms. The number of rotatable bonds is 2. The molecule has 0 aliphatic rings. The second-order valence-corrected chi connectivity index (χ2v) is 3.25. The highest BCUT2D eigenvalue weighted by atomic mass is 35.5. The Morgan fingerprint density at radius 2 is 2.13 bits per heavy atom. The third-order valence-corrected chi connectivity index (χ3v) is 2.29. The van der Waals surface area contributed by atoms with Gasteiger partial charge >= 0.3 is 6.18 Å². The normalized spacial score (nSPS) is 11.5. The van der Waals surface area contributed by atoms with E-state index in [0.29, 0.717) is 0 Å². The van der Waals surface area contributed by atoms with Crippen LogP contribution < -0.4 is 0 Å². The van der Waals surface area contributed by atoms with Crippen LogP contribution in [0.1, 0.15) is 17.7 Å². The van der Waals surface area contributed by atoms with E-state index in [1.54, 1.807) is 0 Å². The molecule has 0 radical (unpaired) electrons. The highest BCUT2D eigenvalue weighted by molar-refractivity contribution is 6.30. The molecule has 0 bridgehead atoms. The molecular weight excluding hydrogens is 231 g/mol. The van der Waals surface area contributed by atoms with Crippen LogP contribution in [0.15, 0.2) is 0 Å². The van der Waals surface area contributed by atoms with Crippen LogP contribution in [0.4, 0.5) is 13.2 Å². The molecule has 1 aromatic rings. The minimum Gasteiger partial charge on any atom is -0.252 e. The lowest BCUT2D eigenvalue weighted by molar-refractivity contribution is -0.141. The maximum absolute atomic E-state index is 12.4. The SMILES string of the molecule is Cc1c(C(F)(F)F)nn(CCC#N)c1Cl. The molecule has 0 aliphatic heterocycles. The Morgan fingerprint density at radius 1 is 1.53 bits per heavy atom.